The Balaban J connectivity index is 1.91. The number of methoxy groups -OCH3 is 3. The molecule has 0 aliphatic heterocycles. The first-order valence-electron chi connectivity index (χ1n) is 12.2. The van der Waals surface area contributed by atoms with Gasteiger partial charge in [-0.25, -0.2) is 0 Å². The lowest BCUT2D eigenvalue weighted by Crippen LogP contribution is -2.40. The minimum Gasteiger partial charge on any atom is -0.493 e. The zero-order valence-corrected chi connectivity index (χ0v) is 21.7. The van der Waals surface area contributed by atoms with Gasteiger partial charge in [-0.2, -0.15) is 13.2 Å². The Hall–Kier alpha value is -3.56. The summed E-state index contributed by atoms with van der Waals surface area (Å²) in [6, 6.07) is 19.0. The van der Waals surface area contributed by atoms with Crippen LogP contribution >= 0.6 is 0 Å². The summed E-state index contributed by atoms with van der Waals surface area (Å²) in [6.45, 7) is 0.729. The van der Waals surface area contributed by atoms with Gasteiger partial charge in [0.1, 0.15) is 6.04 Å². The second-order valence-electron chi connectivity index (χ2n) is 8.69. The number of hydrogen-bond donors (Lipinski definition) is 2. The molecule has 3 aromatic carbocycles. The molecule has 1 amide bonds. The van der Waals surface area contributed by atoms with E-state index in [9.17, 15) is 18.0 Å². The Morgan fingerprint density at radius 1 is 0.868 bits per heavy atom. The van der Waals surface area contributed by atoms with Crippen molar-refractivity contribution in [2.45, 2.75) is 31.1 Å². The molecule has 0 aliphatic carbocycles. The average molecular weight is 531 g/mol. The molecule has 0 saturated heterocycles. The number of aryl methyl sites for hydroxylation is 1. The first kappa shape index (κ1) is 29.0. The summed E-state index contributed by atoms with van der Waals surface area (Å²) < 4.78 is 54.9. The van der Waals surface area contributed by atoms with Crippen LogP contribution in [0.15, 0.2) is 72.8 Å². The van der Waals surface area contributed by atoms with E-state index in [1.165, 1.54) is 12.1 Å². The molecule has 0 aliphatic rings. The Morgan fingerprint density at radius 2 is 1.55 bits per heavy atom. The largest absolute Gasteiger partial charge is 0.493 e. The van der Waals surface area contributed by atoms with Crippen LogP contribution < -0.4 is 20.1 Å². The minimum atomic E-state index is -4.39. The Morgan fingerprint density at radius 3 is 2.16 bits per heavy atom. The Labute approximate surface area is 221 Å². The van der Waals surface area contributed by atoms with E-state index in [0.29, 0.717) is 37.5 Å². The molecule has 0 spiro atoms. The Bertz CT molecular complexity index is 1150. The third kappa shape index (κ3) is 7.97. The highest BCUT2D eigenvalue weighted by Gasteiger charge is 2.30. The maximum atomic E-state index is 13.2. The fourth-order valence-electron chi connectivity index (χ4n) is 4.14. The molecule has 0 bridgehead atoms. The summed E-state index contributed by atoms with van der Waals surface area (Å²) in [5.74, 6) is 0.884. The predicted molar refractivity (Wildman–Crippen MR) is 139 cm³/mol. The number of carbonyl (C=O) groups is 1. The van der Waals surface area contributed by atoms with Crippen molar-refractivity contribution in [1.82, 2.24) is 10.6 Å². The molecule has 0 fully saturated rings. The summed E-state index contributed by atoms with van der Waals surface area (Å²) in [5, 5.41) is 6.38. The van der Waals surface area contributed by atoms with E-state index in [4.69, 9.17) is 14.2 Å². The van der Waals surface area contributed by atoms with Crippen molar-refractivity contribution in [2.75, 3.05) is 34.5 Å². The van der Waals surface area contributed by atoms with Gasteiger partial charge in [-0.15, -0.1) is 0 Å². The molecule has 2 unspecified atom stereocenters. The van der Waals surface area contributed by atoms with Crippen LogP contribution in [0.3, 0.4) is 0 Å². The highest BCUT2D eigenvalue weighted by Crippen LogP contribution is 2.33. The van der Waals surface area contributed by atoms with Gasteiger partial charge in [-0.3, -0.25) is 10.1 Å². The lowest BCUT2D eigenvalue weighted by atomic mass is 9.95. The Kier molecular flexibility index (Phi) is 10.6. The van der Waals surface area contributed by atoms with Crippen molar-refractivity contribution in [3.8, 4) is 11.5 Å². The molecule has 3 rings (SSSR count). The lowest BCUT2D eigenvalue weighted by Gasteiger charge is -2.27. The van der Waals surface area contributed by atoms with Crippen molar-refractivity contribution in [2.24, 2.45) is 0 Å². The van der Waals surface area contributed by atoms with Gasteiger partial charge in [0.05, 0.1) is 26.4 Å². The molecule has 9 heteroatoms. The van der Waals surface area contributed by atoms with Gasteiger partial charge in [0.15, 0.2) is 11.5 Å². The van der Waals surface area contributed by atoms with E-state index >= 15 is 0 Å². The number of alkyl halides is 3. The van der Waals surface area contributed by atoms with E-state index < -0.39 is 17.8 Å². The number of nitrogens with one attached hydrogen (secondary N) is 2. The van der Waals surface area contributed by atoms with Crippen LogP contribution in [0.2, 0.25) is 0 Å². The van der Waals surface area contributed by atoms with Gasteiger partial charge >= 0.3 is 6.18 Å². The molecule has 0 saturated carbocycles. The first-order valence-corrected chi connectivity index (χ1v) is 12.2. The number of halogens is 3. The number of ether oxygens (including phenoxy) is 3. The smallest absolute Gasteiger partial charge is 0.416 e. The molecule has 204 valence electrons. The highest BCUT2D eigenvalue weighted by atomic mass is 19.4. The van der Waals surface area contributed by atoms with Crippen molar-refractivity contribution in [3.63, 3.8) is 0 Å². The third-order valence-electron chi connectivity index (χ3n) is 6.18. The molecule has 0 aromatic heterocycles. The van der Waals surface area contributed by atoms with Gasteiger partial charge in [-0.1, -0.05) is 48.5 Å². The molecular formula is C29H33F3N2O4. The second kappa shape index (κ2) is 13.8. The van der Waals surface area contributed by atoms with Crippen molar-refractivity contribution in [1.29, 1.82) is 0 Å². The molecule has 6 nitrogen and oxygen atoms in total. The van der Waals surface area contributed by atoms with Gasteiger partial charge in [0.25, 0.3) is 0 Å². The number of rotatable bonds is 13. The molecule has 2 atom stereocenters. The van der Waals surface area contributed by atoms with Crippen LogP contribution in [0.25, 0.3) is 0 Å². The second-order valence-corrected chi connectivity index (χ2v) is 8.69. The predicted octanol–water partition coefficient (Wildman–Crippen LogP) is 5.49. The van der Waals surface area contributed by atoms with Gasteiger partial charge in [-0.05, 0) is 53.8 Å². The normalized spacial score (nSPS) is 13.0. The van der Waals surface area contributed by atoms with E-state index in [1.54, 1.807) is 27.4 Å². The van der Waals surface area contributed by atoms with Crippen LogP contribution in [0, 0.1) is 0 Å². The summed E-state index contributed by atoms with van der Waals surface area (Å²) in [7, 11) is 4.66. The summed E-state index contributed by atoms with van der Waals surface area (Å²) in [6.07, 6.45) is -3.40. The van der Waals surface area contributed by atoms with E-state index in [1.807, 2.05) is 42.5 Å². The number of carbonyl (C=O) groups excluding carboxylic acids is 1. The fourth-order valence-corrected chi connectivity index (χ4v) is 4.14. The van der Waals surface area contributed by atoms with Crippen molar-refractivity contribution < 1.29 is 32.2 Å². The fraction of sp³-hybridized carbons (Fsp3) is 0.345. The third-order valence-corrected chi connectivity index (χ3v) is 6.18. The van der Waals surface area contributed by atoms with Gasteiger partial charge in [0, 0.05) is 19.7 Å². The van der Waals surface area contributed by atoms with Crippen LogP contribution in [0.5, 0.6) is 11.5 Å². The maximum absolute atomic E-state index is 13.2. The number of amides is 1. The average Bonchev–Trinajstić information content (AvgIpc) is 2.93. The van der Waals surface area contributed by atoms with Crippen molar-refractivity contribution in [3.05, 3.63) is 95.1 Å². The molecule has 0 radical (unpaired) electrons. The number of benzene rings is 3. The summed E-state index contributed by atoms with van der Waals surface area (Å²) in [4.78, 5) is 13.2. The van der Waals surface area contributed by atoms with Crippen LogP contribution in [-0.2, 0) is 22.1 Å². The zero-order chi connectivity index (χ0) is 27.5. The SMILES string of the molecule is COCCNC(=O)C(NC(CCc1ccc(C(F)(F)F)cc1)c1ccc(OC)c(OC)c1)c1ccccc1. The standard InChI is InChI=1S/C29H33F3N2O4/c1-36-18-17-33-28(35)27(21-7-5-4-6-8-21)34-24(22-12-16-25(37-2)26(19-22)38-3)15-11-20-9-13-23(14-10-20)29(30,31)32/h4-10,12-14,16,19,24,27,34H,11,15,17-18H2,1-3H3,(H,33,35). The molecule has 0 heterocycles. The van der Waals surface area contributed by atoms with E-state index in [2.05, 4.69) is 10.6 Å². The molecule has 3 aromatic rings. The summed E-state index contributed by atoms with van der Waals surface area (Å²) in [5.41, 5.74) is 1.70. The van der Waals surface area contributed by atoms with Crippen molar-refractivity contribution >= 4 is 5.91 Å². The van der Waals surface area contributed by atoms with Crippen LogP contribution in [0.1, 0.15) is 40.8 Å². The monoisotopic (exact) mass is 530 g/mol. The molecular weight excluding hydrogens is 497 g/mol. The van der Waals surface area contributed by atoms with Gasteiger partial charge in [0.2, 0.25) is 5.91 Å². The first-order chi connectivity index (χ1) is 18.3. The number of hydrogen-bond acceptors (Lipinski definition) is 5. The zero-order valence-electron chi connectivity index (χ0n) is 21.7. The summed E-state index contributed by atoms with van der Waals surface area (Å²) >= 11 is 0. The van der Waals surface area contributed by atoms with Crippen LogP contribution in [-0.4, -0.2) is 40.4 Å². The lowest BCUT2D eigenvalue weighted by molar-refractivity contribution is -0.137. The maximum Gasteiger partial charge on any atom is 0.416 e. The van der Waals surface area contributed by atoms with E-state index in [-0.39, 0.29) is 11.9 Å². The molecule has 2 N–H and O–H groups in total. The quantitative estimate of drug-likeness (QED) is 0.286. The molecule has 38 heavy (non-hydrogen) atoms. The van der Waals surface area contributed by atoms with Gasteiger partial charge < -0.3 is 19.5 Å². The highest BCUT2D eigenvalue weighted by molar-refractivity contribution is 5.83. The minimum absolute atomic E-state index is 0.215. The van der Waals surface area contributed by atoms with E-state index in [0.717, 1.165) is 28.8 Å². The topological polar surface area (TPSA) is 68.8 Å². The van der Waals surface area contributed by atoms with Crippen LogP contribution in [0.4, 0.5) is 13.2 Å².